The number of fused-ring (bicyclic) bond motifs is 1. The molecule has 1 saturated heterocycles. The lowest BCUT2D eigenvalue weighted by atomic mass is 9.93. The summed E-state index contributed by atoms with van der Waals surface area (Å²) >= 11 is 0. The fourth-order valence-electron chi connectivity index (χ4n) is 4.46. The average Bonchev–Trinajstić information content (AvgIpc) is 2.87. The maximum absolute atomic E-state index is 12.9. The molecule has 4 rings (SSSR count). The number of anilines is 1. The van der Waals surface area contributed by atoms with E-state index in [2.05, 4.69) is 32.7 Å². The zero-order chi connectivity index (χ0) is 24.1. The van der Waals surface area contributed by atoms with E-state index in [9.17, 15) is 14.7 Å². The fourth-order valence-corrected chi connectivity index (χ4v) is 4.46. The molecule has 1 aromatic heterocycles. The van der Waals surface area contributed by atoms with Crippen LogP contribution in [0.3, 0.4) is 0 Å². The highest BCUT2D eigenvalue weighted by Gasteiger charge is 2.26. The molecular formula is C25H35Cl2N5O4. The smallest absolute Gasteiger partial charge is 0.256 e. The third kappa shape index (κ3) is 7.00. The molecule has 2 aliphatic rings. The van der Waals surface area contributed by atoms with Crippen molar-refractivity contribution in [2.24, 2.45) is 0 Å². The number of piperazine rings is 1. The number of carbonyl (C=O) groups is 2. The van der Waals surface area contributed by atoms with Crippen molar-refractivity contribution < 1.29 is 19.4 Å². The highest BCUT2D eigenvalue weighted by atomic mass is 35.5. The van der Waals surface area contributed by atoms with Gasteiger partial charge in [0.15, 0.2) is 0 Å². The number of amides is 2. The third-order valence-corrected chi connectivity index (χ3v) is 6.47. The molecule has 0 aliphatic carbocycles. The van der Waals surface area contributed by atoms with E-state index in [0.29, 0.717) is 57.1 Å². The van der Waals surface area contributed by atoms with Crippen LogP contribution in [0.1, 0.15) is 35.3 Å². The molecule has 36 heavy (non-hydrogen) atoms. The van der Waals surface area contributed by atoms with Gasteiger partial charge in [-0.1, -0.05) is 24.3 Å². The van der Waals surface area contributed by atoms with Crippen molar-refractivity contribution in [1.29, 1.82) is 0 Å². The van der Waals surface area contributed by atoms with Gasteiger partial charge in [0.2, 0.25) is 11.8 Å². The molecule has 1 aromatic carbocycles. The van der Waals surface area contributed by atoms with Gasteiger partial charge in [0.05, 0.1) is 12.7 Å². The summed E-state index contributed by atoms with van der Waals surface area (Å²) in [7, 11) is 0. The lowest BCUT2D eigenvalue weighted by Crippen LogP contribution is -2.49. The van der Waals surface area contributed by atoms with Crippen molar-refractivity contribution in [1.82, 2.24) is 20.5 Å². The van der Waals surface area contributed by atoms with Gasteiger partial charge in [-0.25, -0.2) is 0 Å². The second-order valence-corrected chi connectivity index (χ2v) is 8.69. The number of ether oxygens (including phenoxy) is 1. The zero-order valence-corrected chi connectivity index (χ0v) is 22.2. The summed E-state index contributed by atoms with van der Waals surface area (Å²) in [6.07, 6.45) is -0.0115. The summed E-state index contributed by atoms with van der Waals surface area (Å²) < 4.78 is 5.67. The van der Waals surface area contributed by atoms with E-state index in [-0.39, 0.29) is 55.1 Å². The van der Waals surface area contributed by atoms with Crippen LogP contribution >= 0.6 is 24.8 Å². The van der Waals surface area contributed by atoms with Crippen LogP contribution in [-0.4, -0.2) is 78.3 Å². The number of carbonyl (C=O) groups excluding carboxylic acids is 2. The Morgan fingerprint density at radius 2 is 1.83 bits per heavy atom. The Hall–Kier alpha value is -2.59. The van der Waals surface area contributed by atoms with E-state index in [1.165, 1.54) is 11.1 Å². The summed E-state index contributed by atoms with van der Waals surface area (Å²) in [6, 6.07) is 11.6. The van der Waals surface area contributed by atoms with Crippen molar-refractivity contribution in [2.75, 3.05) is 44.2 Å². The van der Waals surface area contributed by atoms with Crippen molar-refractivity contribution >= 4 is 42.4 Å². The highest BCUT2D eigenvalue weighted by molar-refractivity contribution is 5.96. The first kappa shape index (κ1) is 29.6. The second kappa shape index (κ2) is 13.6. The van der Waals surface area contributed by atoms with Gasteiger partial charge < -0.3 is 30.3 Å². The van der Waals surface area contributed by atoms with E-state index < -0.39 is 6.10 Å². The number of pyridine rings is 1. The molecule has 2 aliphatic heterocycles. The normalized spacial score (nSPS) is 17.7. The lowest BCUT2D eigenvalue weighted by molar-refractivity contribution is -0.129. The highest BCUT2D eigenvalue weighted by Crippen LogP contribution is 2.23. The molecule has 2 atom stereocenters. The molecule has 1 fully saturated rings. The molecule has 3 heterocycles. The third-order valence-electron chi connectivity index (χ3n) is 6.47. The number of rotatable bonds is 7. The van der Waals surface area contributed by atoms with E-state index in [1.807, 2.05) is 24.0 Å². The number of halogens is 2. The van der Waals surface area contributed by atoms with Crippen molar-refractivity contribution in [3.8, 4) is 5.88 Å². The first-order chi connectivity index (χ1) is 16.5. The molecule has 1 unspecified atom stereocenters. The topological polar surface area (TPSA) is 107 Å². The molecule has 11 heteroatoms. The van der Waals surface area contributed by atoms with Crippen molar-refractivity contribution in [3.63, 3.8) is 0 Å². The minimum Gasteiger partial charge on any atom is -0.477 e. The van der Waals surface area contributed by atoms with Crippen LogP contribution in [-0.2, 0) is 17.8 Å². The Labute approximate surface area is 224 Å². The number of nitrogens with zero attached hydrogens (tertiary/aromatic N) is 3. The molecule has 3 N–H and O–H groups in total. The summed E-state index contributed by atoms with van der Waals surface area (Å²) in [4.78, 5) is 33.0. The Morgan fingerprint density at radius 1 is 1.14 bits per heavy atom. The number of nitrogens with one attached hydrogen (secondary N) is 2. The van der Waals surface area contributed by atoms with Crippen LogP contribution in [0.4, 0.5) is 5.82 Å². The van der Waals surface area contributed by atoms with Gasteiger partial charge >= 0.3 is 0 Å². The van der Waals surface area contributed by atoms with Crippen LogP contribution in [0.25, 0.3) is 0 Å². The summed E-state index contributed by atoms with van der Waals surface area (Å²) in [5.74, 6) is 0.725. The van der Waals surface area contributed by atoms with Crippen LogP contribution in [0.2, 0.25) is 0 Å². The zero-order valence-electron chi connectivity index (χ0n) is 20.6. The quantitative estimate of drug-likeness (QED) is 0.492. The molecular weight excluding hydrogens is 505 g/mol. The number of aliphatic hydroxyl groups is 1. The van der Waals surface area contributed by atoms with Crippen molar-refractivity contribution in [2.45, 2.75) is 39.0 Å². The Bertz CT molecular complexity index is 1030. The van der Waals surface area contributed by atoms with Gasteiger partial charge in [-0.05, 0) is 36.6 Å². The Morgan fingerprint density at radius 3 is 2.50 bits per heavy atom. The molecule has 0 bridgehead atoms. The minimum absolute atomic E-state index is 0. The standard InChI is InChI=1S/C25H33N5O4.2ClH/c1-3-34-25-20(8-9-23(28-25)30-12-10-29(11-13-30)17(2)31)24(33)27-16-22(32)21-14-18-6-4-5-7-19(18)15-26-21;;/h4-9,21-22,26,32H,3,10-16H2,1-2H3,(H,27,33);2*1H/t21-,22?;;/m0../s1. The summed E-state index contributed by atoms with van der Waals surface area (Å²) in [5, 5.41) is 16.9. The van der Waals surface area contributed by atoms with Gasteiger partial charge in [0.1, 0.15) is 11.4 Å². The number of benzene rings is 1. The number of hydrogen-bond donors (Lipinski definition) is 3. The molecule has 2 aromatic rings. The number of aliphatic hydroxyl groups excluding tert-OH is 1. The molecule has 9 nitrogen and oxygen atoms in total. The number of hydrogen-bond acceptors (Lipinski definition) is 7. The van der Waals surface area contributed by atoms with Gasteiger partial charge in [0.25, 0.3) is 5.91 Å². The van der Waals surface area contributed by atoms with Gasteiger partial charge in [-0.2, -0.15) is 4.98 Å². The summed E-state index contributed by atoms with van der Waals surface area (Å²) in [5.41, 5.74) is 2.80. The average molecular weight is 540 g/mol. The Kier molecular flexibility index (Phi) is 11.2. The maximum atomic E-state index is 12.9. The predicted octanol–water partition coefficient (Wildman–Crippen LogP) is 1.80. The van der Waals surface area contributed by atoms with Crippen LogP contribution < -0.4 is 20.3 Å². The molecule has 0 radical (unpaired) electrons. The van der Waals surface area contributed by atoms with E-state index in [0.717, 1.165) is 0 Å². The van der Waals surface area contributed by atoms with Crippen LogP contribution in [0, 0.1) is 0 Å². The lowest BCUT2D eigenvalue weighted by Gasteiger charge is -2.35. The fraction of sp³-hybridized carbons (Fsp3) is 0.480. The molecule has 0 spiro atoms. The molecule has 2 amide bonds. The molecule has 0 saturated carbocycles. The van der Waals surface area contributed by atoms with Gasteiger partial charge in [0, 0.05) is 52.2 Å². The largest absolute Gasteiger partial charge is 0.477 e. The second-order valence-electron chi connectivity index (χ2n) is 8.69. The maximum Gasteiger partial charge on any atom is 0.256 e. The number of aromatic nitrogens is 1. The minimum atomic E-state index is -0.724. The first-order valence-corrected chi connectivity index (χ1v) is 11.9. The predicted molar refractivity (Wildman–Crippen MR) is 143 cm³/mol. The van der Waals surface area contributed by atoms with Crippen molar-refractivity contribution in [3.05, 3.63) is 53.1 Å². The van der Waals surface area contributed by atoms with Gasteiger partial charge in [-0.15, -0.1) is 24.8 Å². The SMILES string of the molecule is CCOc1nc(N2CCN(C(C)=O)CC2)ccc1C(=O)NCC(O)[C@@H]1Cc2ccccc2CN1.Cl.Cl. The van der Waals surface area contributed by atoms with Crippen LogP contribution in [0.15, 0.2) is 36.4 Å². The van der Waals surface area contributed by atoms with Crippen LogP contribution in [0.5, 0.6) is 5.88 Å². The van der Waals surface area contributed by atoms with E-state index in [4.69, 9.17) is 4.74 Å². The first-order valence-electron chi connectivity index (χ1n) is 11.9. The Balaban J connectivity index is 0.00000228. The molecule has 198 valence electrons. The van der Waals surface area contributed by atoms with Gasteiger partial charge in [-0.3, -0.25) is 9.59 Å². The van der Waals surface area contributed by atoms with E-state index in [1.54, 1.807) is 19.1 Å². The monoisotopic (exact) mass is 539 g/mol. The summed E-state index contributed by atoms with van der Waals surface area (Å²) in [6.45, 7) is 7.25. The van der Waals surface area contributed by atoms with E-state index >= 15 is 0 Å².